The van der Waals surface area contributed by atoms with Crippen LogP contribution in [0.15, 0.2) is 6.07 Å². The van der Waals surface area contributed by atoms with Gasteiger partial charge in [-0.05, 0) is 6.92 Å². The molecule has 1 aliphatic heterocycles. The predicted molar refractivity (Wildman–Crippen MR) is 77.0 cm³/mol. The summed E-state index contributed by atoms with van der Waals surface area (Å²) < 4.78 is 5.01. The topological polar surface area (TPSA) is 70.6 Å². The zero-order valence-corrected chi connectivity index (χ0v) is 12.0. The highest BCUT2D eigenvalue weighted by atomic mass is 16.5. The monoisotopic (exact) mass is 279 g/mol. The number of piperazine rings is 1. The van der Waals surface area contributed by atoms with E-state index in [2.05, 4.69) is 20.2 Å². The lowest BCUT2D eigenvalue weighted by molar-refractivity contribution is -0.118. The second-order valence-corrected chi connectivity index (χ2v) is 4.74. The number of rotatable bonds is 6. The Morgan fingerprint density at radius 2 is 2.10 bits per heavy atom. The van der Waals surface area contributed by atoms with Crippen LogP contribution in [0.3, 0.4) is 0 Å². The highest BCUT2D eigenvalue weighted by Gasteiger charge is 2.18. The van der Waals surface area contributed by atoms with Gasteiger partial charge in [0.2, 0.25) is 12.4 Å². The van der Waals surface area contributed by atoms with E-state index >= 15 is 0 Å². The third-order valence-corrected chi connectivity index (χ3v) is 3.20. The number of nitrogens with zero attached hydrogens (tertiary/aromatic N) is 4. The first-order valence-electron chi connectivity index (χ1n) is 6.75. The molecule has 20 heavy (non-hydrogen) atoms. The Hall–Kier alpha value is -1.89. The van der Waals surface area contributed by atoms with Crippen molar-refractivity contribution in [3.63, 3.8) is 0 Å². The molecule has 0 saturated carbocycles. The highest BCUT2D eigenvalue weighted by Crippen LogP contribution is 2.15. The fraction of sp³-hybridized carbons (Fsp3) is 0.615. The minimum Gasteiger partial charge on any atom is -0.383 e. The van der Waals surface area contributed by atoms with Crippen LogP contribution >= 0.6 is 0 Å². The van der Waals surface area contributed by atoms with Crippen LogP contribution in [0.1, 0.15) is 5.69 Å². The van der Waals surface area contributed by atoms with Crippen molar-refractivity contribution in [2.45, 2.75) is 6.92 Å². The number of anilines is 2. The lowest BCUT2D eigenvalue weighted by Crippen LogP contribution is -2.46. The second-order valence-electron chi connectivity index (χ2n) is 4.74. The molecule has 1 saturated heterocycles. The summed E-state index contributed by atoms with van der Waals surface area (Å²) in [6.45, 7) is 6.26. The molecule has 0 aliphatic carbocycles. The molecule has 2 heterocycles. The van der Waals surface area contributed by atoms with Crippen molar-refractivity contribution in [2.24, 2.45) is 0 Å². The van der Waals surface area contributed by atoms with Crippen molar-refractivity contribution < 1.29 is 9.53 Å². The SMILES string of the molecule is COCCNc1cc(C)nc(N2CCN(C=O)CC2)n1. The van der Waals surface area contributed by atoms with Crippen LogP contribution in [0.4, 0.5) is 11.8 Å². The summed E-state index contributed by atoms with van der Waals surface area (Å²) in [4.78, 5) is 23.6. The molecule has 0 radical (unpaired) electrons. The molecule has 1 N–H and O–H groups in total. The molecule has 7 heteroatoms. The van der Waals surface area contributed by atoms with Crippen LogP contribution in [0.5, 0.6) is 0 Å². The molecule has 0 spiro atoms. The molecular formula is C13H21N5O2. The maximum absolute atomic E-state index is 10.7. The van der Waals surface area contributed by atoms with E-state index in [1.54, 1.807) is 12.0 Å². The van der Waals surface area contributed by atoms with E-state index in [1.807, 2.05) is 13.0 Å². The van der Waals surface area contributed by atoms with Crippen LogP contribution in [0.2, 0.25) is 0 Å². The molecule has 0 bridgehead atoms. The first kappa shape index (κ1) is 14.5. The van der Waals surface area contributed by atoms with Gasteiger partial charge in [0, 0.05) is 51.6 Å². The van der Waals surface area contributed by atoms with Gasteiger partial charge in [-0.2, -0.15) is 4.98 Å². The minimum absolute atomic E-state index is 0.635. The molecule has 7 nitrogen and oxygen atoms in total. The maximum Gasteiger partial charge on any atom is 0.227 e. The van der Waals surface area contributed by atoms with Crippen LogP contribution in [0.25, 0.3) is 0 Å². The van der Waals surface area contributed by atoms with Crippen LogP contribution < -0.4 is 10.2 Å². The zero-order chi connectivity index (χ0) is 14.4. The van der Waals surface area contributed by atoms with Crippen molar-refractivity contribution in [1.82, 2.24) is 14.9 Å². The van der Waals surface area contributed by atoms with Crippen LogP contribution in [0, 0.1) is 6.92 Å². The summed E-state index contributed by atoms with van der Waals surface area (Å²) in [6, 6.07) is 1.92. The van der Waals surface area contributed by atoms with Gasteiger partial charge in [-0.25, -0.2) is 4.98 Å². The first-order chi connectivity index (χ1) is 9.72. The molecular weight excluding hydrogens is 258 g/mol. The van der Waals surface area contributed by atoms with Crippen molar-refractivity contribution in [1.29, 1.82) is 0 Å². The van der Waals surface area contributed by atoms with Gasteiger partial charge in [0.05, 0.1) is 6.61 Å². The number of hydrogen-bond acceptors (Lipinski definition) is 6. The van der Waals surface area contributed by atoms with E-state index in [-0.39, 0.29) is 0 Å². The number of nitrogens with one attached hydrogen (secondary N) is 1. The average molecular weight is 279 g/mol. The van der Waals surface area contributed by atoms with Gasteiger partial charge in [0.25, 0.3) is 0 Å². The lowest BCUT2D eigenvalue weighted by atomic mass is 10.3. The number of amides is 1. The second kappa shape index (κ2) is 7.04. The Morgan fingerprint density at radius 3 is 2.75 bits per heavy atom. The van der Waals surface area contributed by atoms with Gasteiger partial charge in [-0.15, -0.1) is 0 Å². The van der Waals surface area contributed by atoms with Crippen molar-refractivity contribution in [2.75, 3.05) is 56.7 Å². The fourth-order valence-corrected chi connectivity index (χ4v) is 2.09. The summed E-state index contributed by atoms with van der Waals surface area (Å²) >= 11 is 0. The quantitative estimate of drug-likeness (QED) is 0.589. The molecule has 0 atom stereocenters. The summed E-state index contributed by atoms with van der Waals surface area (Å²) in [7, 11) is 1.67. The average Bonchev–Trinajstić information content (AvgIpc) is 2.47. The summed E-state index contributed by atoms with van der Waals surface area (Å²) in [5.74, 6) is 1.53. The number of carbonyl (C=O) groups is 1. The van der Waals surface area contributed by atoms with Crippen molar-refractivity contribution >= 4 is 18.2 Å². The Morgan fingerprint density at radius 1 is 1.35 bits per heavy atom. The Balaban J connectivity index is 2.02. The Labute approximate surface area is 118 Å². The van der Waals surface area contributed by atoms with Crippen LogP contribution in [-0.4, -0.2) is 67.7 Å². The molecule has 1 aliphatic rings. The molecule has 1 amide bonds. The molecule has 110 valence electrons. The van der Waals surface area contributed by atoms with Gasteiger partial charge < -0.3 is 19.9 Å². The maximum atomic E-state index is 10.7. The largest absolute Gasteiger partial charge is 0.383 e. The third kappa shape index (κ3) is 3.80. The van der Waals surface area contributed by atoms with Crippen molar-refractivity contribution in [3.05, 3.63) is 11.8 Å². The van der Waals surface area contributed by atoms with E-state index in [4.69, 9.17) is 4.74 Å². The number of carbonyl (C=O) groups excluding carboxylic acids is 1. The number of aromatic nitrogens is 2. The Kier molecular flexibility index (Phi) is 5.11. The molecule has 2 rings (SSSR count). The van der Waals surface area contributed by atoms with E-state index in [0.717, 1.165) is 37.0 Å². The van der Waals surface area contributed by atoms with Gasteiger partial charge >= 0.3 is 0 Å². The van der Waals surface area contributed by atoms with E-state index in [9.17, 15) is 4.79 Å². The fourth-order valence-electron chi connectivity index (χ4n) is 2.09. The normalized spacial score (nSPS) is 15.3. The highest BCUT2D eigenvalue weighted by molar-refractivity contribution is 5.49. The smallest absolute Gasteiger partial charge is 0.227 e. The zero-order valence-electron chi connectivity index (χ0n) is 12.0. The molecule has 1 fully saturated rings. The summed E-state index contributed by atoms with van der Waals surface area (Å²) in [6.07, 6.45) is 0.895. The Bertz CT molecular complexity index is 446. The number of ether oxygens (including phenoxy) is 1. The molecule has 1 aromatic heterocycles. The minimum atomic E-state index is 0.635. The van der Waals surface area contributed by atoms with Gasteiger partial charge in [0.1, 0.15) is 5.82 Å². The first-order valence-corrected chi connectivity index (χ1v) is 6.75. The molecule has 0 aromatic carbocycles. The van der Waals surface area contributed by atoms with Gasteiger partial charge in [-0.1, -0.05) is 0 Å². The van der Waals surface area contributed by atoms with E-state index < -0.39 is 0 Å². The lowest BCUT2D eigenvalue weighted by Gasteiger charge is -2.32. The third-order valence-electron chi connectivity index (χ3n) is 3.20. The van der Waals surface area contributed by atoms with Gasteiger partial charge in [0.15, 0.2) is 0 Å². The van der Waals surface area contributed by atoms with Gasteiger partial charge in [-0.3, -0.25) is 4.79 Å². The van der Waals surface area contributed by atoms with Crippen LogP contribution in [-0.2, 0) is 9.53 Å². The molecule has 0 unspecified atom stereocenters. The van der Waals surface area contributed by atoms with E-state index in [1.165, 1.54) is 0 Å². The summed E-state index contributed by atoms with van der Waals surface area (Å²) in [5.41, 5.74) is 0.924. The summed E-state index contributed by atoms with van der Waals surface area (Å²) in [5, 5.41) is 3.22. The number of methoxy groups -OCH3 is 1. The standard InChI is InChI=1S/C13H21N5O2/c1-11-9-12(14-3-8-20-2)16-13(15-11)18-6-4-17(10-19)5-7-18/h9-10H,3-8H2,1-2H3,(H,14,15,16). The predicted octanol–water partition coefficient (Wildman–Crippen LogP) is 0.122. The van der Waals surface area contributed by atoms with Crippen molar-refractivity contribution in [3.8, 4) is 0 Å². The molecule has 1 aromatic rings. The number of aryl methyl sites for hydroxylation is 1. The van der Waals surface area contributed by atoms with E-state index in [0.29, 0.717) is 26.2 Å². The number of hydrogen-bond donors (Lipinski definition) is 1.